The van der Waals surface area contributed by atoms with Crippen LogP contribution in [0.4, 0.5) is 0 Å². The molecule has 0 radical (unpaired) electrons. The molecule has 160 valence electrons. The summed E-state index contributed by atoms with van der Waals surface area (Å²) in [5.41, 5.74) is 11.7. The molecule has 0 aliphatic rings. The van der Waals surface area contributed by atoms with E-state index in [0.717, 1.165) is 35.1 Å². The number of benzene rings is 3. The van der Waals surface area contributed by atoms with Crippen molar-refractivity contribution in [3.05, 3.63) is 94.5 Å². The maximum atomic E-state index is 12.2. The topological polar surface area (TPSA) is 85.4 Å². The first-order chi connectivity index (χ1) is 15.0. The number of carbonyl (C=O) groups is 1. The number of esters is 1. The Kier molecular flexibility index (Phi) is 7.57. The van der Waals surface area contributed by atoms with Crippen LogP contribution < -0.4 is 5.73 Å². The molecule has 0 heterocycles. The van der Waals surface area contributed by atoms with Gasteiger partial charge in [0.2, 0.25) is 0 Å². The molecule has 0 aliphatic heterocycles. The molecule has 31 heavy (non-hydrogen) atoms. The molecule has 0 aromatic heterocycles. The third-order valence-corrected chi connectivity index (χ3v) is 5.02. The van der Waals surface area contributed by atoms with E-state index in [4.69, 9.17) is 20.6 Å². The molecule has 5 nitrogen and oxygen atoms in total. The van der Waals surface area contributed by atoms with Gasteiger partial charge in [-0.3, -0.25) is 5.41 Å². The van der Waals surface area contributed by atoms with Gasteiger partial charge in [-0.2, -0.15) is 0 Å². The molecule has 3 N–H and O–H groups in total. The van der Waals surface area contributed by atoms with Gasteiger partial charge in [-0.25, -0.2) is 4.79 Å². The monoisotopic (exact) mass is 416 g/mol. The van der Waals surface area contributed by atoms with E-state index < -0.39 is 5.97 Å². The van der Waals surface area contributed by atoms with Crippen LogP contribution in [0.5, 0.6) is 0 Å². The number of carbonyl (C=O) groups excluding carboxylic acids is 1. The van der Waals surface area contributed by atoms with Crippen LogP contribution in [0.2, 0.25) is 0 Å². The van der Waals surface area contributed by atoms with Crippen molar-refractivity contribution in [1.29, 1.82) is 5.41 Å². The van der Waals surface area contributed by atoms with Gasteiger partial charge in [0.1, 0.15) is 5.84 Å². The first kappa shape index (κ1) is 22.2. The van der Waals surface area contributed by atoms with Crippen LogP contribution in [0.3, 0.4) is 0 Å². The highest BCUT2D eigenvalue weighted by Gasteiger charge is 2.11. The van der Waals surface area contributed by atoms with E-state index in [0.29, 0.717) is 24.3 Å². The molecular formula is C26H28N2O3. The highest BCUT2D eigenvalue weighted by atomic mass is 16.5. The normalized spacial score (nSPS) is 10.6. The third kappa shape index (κ3) is 6.03. The van der Waals surface area contributed by atoms with Gasteiger partial charge < -0.3 is 15.2 Å². The lowest BCUT2D eigenvalue weighted by Gasteiger charge is -2.11. The Morgan fingerprint density at radius 2 is 1.55 bits per heavy atom. The SMILES string of the molecule is CCCc1ccc(COCc2cc(C(=O)OC)cc(-c3cccc(C(=N)N)c3)c2)cc1. The Morgan fingerprint density at radius 1 is 0.871 bits per heavy atom. The number of methoxy groups -OCH3 is 1. The number of nitrogens with one attached hydrogen (secondary N) is 1. The molecule has 0 saturated heterocycles. The number of ether oxygens (including phenoxy) is 2. The van der Waals surface area contributed by atoms with Gasteiger partial charge in [0.15, 0.2) is 0 Å². The summed E-state index contributed by atoms with van der Waals surface area (Å²) in [6.07, 6.45) is 2.21. The van der Waals surface area contributed by atoms with Crippen LogP contribution >= 0.6 is 0 Å². The summed E-state index contributed by atoms with van der Waals surface area (Å²) in [7, 11) is 1.36. The zero-order chi connectivity index (χ0) is 22.2. The summed E-state index contributed by atoms with van der Waals surface area (Å²) in [6.45, 7) is 3.02. The molecule has 0 atom stereocenters. The first-order valence-electron chi connectivity index (χ1n) is 10.3. The van der Waals surface area contributed by atoms with Crippen molar-refractivity contribution in [3.8, 4) is 11.1 Å². The Morgan fingerprint density at radius 3 is 2.23 bits per heavy atom. The summed E-state index contributed by atoms with van der Waals surface area (Å²) in [6, 6.07) is 21.4. The van der Waals surface area contributed by atoms with Crippen LogP contribution in [0.1, 0.15) is 46.0 Å². The lowest BCUT2D eigenvalue weighted by Crippen LogP contribution is -2.10. The maximum absolute atomic E-state index is 12.2. The fourth-order valence-electron chi connectivity index (χ4n) is 3.42. The summed E-state index contributed by atoms with van der Waals surface area (Å²) in [5.74, 6) is -0.406. The Balaban J connectivity index is 1.79. The van der Waals surface area contributed by atoms with Crippen LogP contribution in [-0.2, 0) is 29.1 Å². The molecule has 0 aliphatic carbocycles. The van der Waals surface area contributed by atoms with Crippen molar-refractivity contribution in [2.45, 2.75) is 33.0 Å². The standard InChI is InChI=1S/C26H28N2O3/c1-3-5-18-8-10-19(11-9-18)16-31-17-20-12-23(15-24(13-20)26(29)30-2)21-6-4-7-22(14-21)25(27)28/h4,6-15H,3,5,16-17H2,1-2H3,(H3,27,28). The fourth-order valence-corrected chi connectivity index (χ4v) is 3.42. The molecule has 3 aromatic carbocycles. The van der Waals surface area contributed by atoms with Crippen molar-refractivity contribution in [2.75, 3.05) is 7.11 Å². The predicted octanol–water partition coefficient (Wildman–Crippen LogP) is 5.09. The maximum Gasteiger partial charge on any atom is 0.337 e. The second-order valence-corrected chi connectivity index (χ2v) is 7.46. The second-order valence-electron chi connectivity index (χ2n) is 7.46. The van der Waals surface area contributed by atoms with E-state index >= 15 is 0 Å². The summed E-state index contributed by atoms with van der Waals surface area (Å²) >= 11 is 0. The Hall–Kier alpha value is -3.44. The second kappa shape index (κ2) is 10.5. The summed E-state index contributed by atoms with van der Waals surface area (Å²) < 4.78 is 10.8. The first-order valence-corrected chi connectivity index (χ1v) is 10.3. The fraction of sp³-hybridized carbons (Fsp3) is 0.231. The number of hydrogen-bond acceptors (Lipinski definition) is 4. The minimum atomic E-state index is -0.405. The number of nitrogen functional groups attached to an aromatic ring is 1. The molecule has 3 rings (SSSR count). The van der Waals surface area contributed by atoms with Gasteiger partial charge in [0, 0.05) is 5.56 Å². The molecule has 3 aromatic rings. The lowest BCUT2D eigenvalue weighted by molar-refractivity contribution is 0.0600. The van der Waals surface area contributed by atoms with E-state index in [1.165, 1.54) is 12.7 Å². The van der Waals surface area contributed by atoms with Crippen molar-refractivity contribution < 1.29 is 14.3 Å². The van der Waals surface area contributed by atoms with Crippen LogP contribution in [0.15, 0.2) is 66.7 Å². The Labute approximate surface area is 183 Å². The zero-order valence-corrected chi connectivity index (χ0v) is 18.0. The Bertz CT molecular complexity index is 1060. The molecule has 0 spiro atoms. The number of nitrogens with two attached hydrogens (primary N) is 1. The largest absolute Gasteiger partial charge is 0.465 e. The van der Waals surface area contributed by atoms with E-state index in [9.17, 15) is 4.79 Å². The molecule has 0 fully saturated rings. The summed E-state index contributed by atoms with van der Waals surface area (Å²) in [4.78, 5) is 12.2. The van der Waals surface area contributed by atoms with Crippen LogP contribution in [-0.4, -0.2) is 18.9 Å². The summed E-state index contributed by atoms with van der Waals surface area (Å²) in [5, 5.41) is 7.67. The average Bonchev–Trinajstić information content (AvgIpc) is 2.79. The molecular weight excluding hydrogens is 388 g/mol. The predicted molar refractivity (Wildman–Crippen MR) is 123 cm³/mol. The van der Waals surface area contributed by atoms with Gasteiger partial charge >= 0.3 is 5.97 Å². The molecule has 0 bridgehead atoms. The lowest BCUT2D eigenvalue weighted by atomic mass is 9.98. The molecule has 0 unspecified atom stereocenters. The van der Waals surface area contributed by atoms with Crippen molar-refractivity contribution in [3.63, 3.8) is 0 Å². The highest BCUT2D eigenvalue weighted by Crippen LogP contribution is 2.25. The zero-order valence-electron chi connectivity index (χ0n) is 18.0. The average molecular weight is 417 g/mol. The van der Waals surface area contributed by atoms with Crippen LogP contribution in [0, 0.1) is 5.41 Å². The van der Waals surface area contributed by atoms with E-state index in [1.807, 2.05) is 24.3 Å². The smallest absolute Gasteiger partial charge is 0.337 e. The van der Waals surface area contributed by atoms with Gasteiger partial charge in [-0.05, 0) is 58.5 Å². The van der Waals surface area contributed by atoms with Crippen molar-refractivity contribution >= 4 is 11.8 Å². The number of amidine groups is 1. The highest BCUT2D eigenvalue weighted by molar-refractivity contribution is 5.96. The van der Waals surface area contributed by atoms with E-state index in [-0.39, 0.29) is 5.84 Å². The number of aryl methyl sites for hydroxylation is 1. The molecule has 0 saturated carbocycles. The van der Waals surface area contributed by atoms with Crippen LogP contribution in [0.25, 0.3) is 11.1 Å². The van der Waals surface area contributed by atoms with Gasteiger partial charge in [-0.15, -0.1) is 0 Å². The van der Waals surface area contributed by atoms with Gasteiger partial charge in [0.05, 0.1) is 25.9 Å². The van der Waals surface area contributed by atoms with Gasteiger partial charge in [-0.1, -0.05) is 55.8 Å². The quantitative estimate of drug-likeness (QED) is 0.289. The van der Waals surface area contributed by atoms with Gasteiger partial charge in [0.25, 0.3) is 0 Å². The van der Waals surface area contributed by atoms with Crippen molar-refractivity contribution in [2.24, 2.45) is 5.73 Å². The third-order valence-electron chi connectivity index (χ3n) is 5.02. The van der Waals surface area contributed by atoms with E-state index in [1.54, 1.807) is 18.2 Å². The molecule has 5 heteroatoms. The minimum absolute atomic E-state index is 0.000477. The number of hydrogen-bond donors (Lipinski definition) is 2. The minimum Gasteiger partial charge on any atom is -0.465 e. The number of rotatable bonds is 9. The van der Waals surface area contributed by atoms with E-state index in [2.05, 4.69) is 31.2 Å². The van der Waals surface area contributed by atoms with Crippen molar-refractivity contribution in [1.82, 2.24) is 0 Å². The molecule has 0 amide bonds.